The normalized spacial score (nSPS) is 16.4. The third kappa shape index (κ3) is 6.14. The van der Waals surface area contributed by atoms with Crippen LogP contribution in [0.3, 0.4) is 0 Å². The maximum Gasteiger partial charge on any atom is 0.295 e. The molecular weight excluding hydrogens is 498 g/mol. The van der Waals surface area contributed by atoms with Gasteiger partial charge >= 0.3 is 0 Å². The van der Waals surface area contributed by atoms with Crippen molar-refractivity contribution < 1.29 is 28.9 Å². The number of ketones is 1. The highest BCUT2D eigenvalue weighted by Crippen LogP contribution is 2.42. The molecule has 1 aliphatic heterocycles. The predicted octanol–water partition coefficient (Wildman–Crippen LogP) is 4.76. The van der Waals surface area contributed by atoms with E-state index in [0.29, 0.717) is 67.7 Å². The molecule has 4 rings (SSSR count). The maximum absolute atomic E-state index is 13.4. The molecule has 1 aromatic heterocycles. The van der Waals surface area contributed by atoms with Crippen molar-refractivity contribution in [3.63, 3.8) is 0 Å². The van der Waals surface area contributed by atoms with E-state index < -0.39 is 17.7 Å². The minimum atomic E-state index is -0.813. The first-order valence-electron chi connectivity index (χ1n) is 13.0. The van der Waals surface area contributed by atoms with Crippen molar-refractivity contribution in [2.24, 2.45) is 0 Å². The Morgan fingerprint density at radius 2 is 1.79 bits per heavy atom. The van der Waals surface area contributed by atoms with Gasteiger partial charge in [-0.05, 0) is 62.2 Å². The molecule has 3 aromatic rings. The zero-order chi connectivity index (χ0) is 27.8. The number of hydrogen-bond acceptors (Lipinski definition) is 7. The summed E-state index contributed by atoms with van der Waals surface area (Å²) in [5, 5.41) is 11.4. The van der Waals surface area contributed by atoms with Gasteiger partial charge in [0.1, 0.15) is 18.1 Å². The molecule has 9 heteroatoms. The van der Waals surface area contributed by atoms with E-state index in [0.717, 1.165) is 0 Å². The summed E-state index contributed by atoms with van der Waals surface area (Å²) in [5.41, 5.74) is 1.06. The van der Waals surface area contributed by atoms with E-state index in [1.165, 1.54) is 4.90 Å². The van der Waals surface area contributed by atoms with Gasteiger partial charge in [-0.3, -0.25) is 9.59 Å². The van der Waals surface area contributed by atoms with Crippen molar-refractivity contribution >= 4 is 17.4 Å². The lowest BCUT2D eigenvalue weighted by Gasteiger charge is -2.26. The summed E-state index contributed by atoms with van der Waals surface area (Å²) in [4.78, 5) is 32.3. The summed E-state index contributed by atoms with van der Waals surface area (Å²) in [6.07, 6.45) is 7.45. The molecule has 0 saturated carbocycles. The number of carbonyl (C=O) groups is 2. The van der Waals surface area contributed by atoms with Gasteiger partial charge in [-0.15, -0.1) is 0 Å². The van der Waals surface area contributed by atoms with Crippen molar-refractivity contribution in [2.45, 2.75) is 32.9 Å². The molecule has 1 N–H and O–H groups in total. The summed E-state index contributed by atoms with van der Waals surface area (Å²) in [6, 6.07) is 11.2. The fourth-order valence-electron chi connectivity index (χ4n) is 4.56. The third-order valence-electron chi connectivity index (χ3n) is 6.29. The lowest BCUT2D eigenvalue weighted by molar-refractivity contribution is -0.139. The molecule has 2 heterocycles. The molecular formula is C30H33N3O6. The van der Waals surface area contributed by atoms with Gasteiger partial charge in [0.25, 0.3) is 11.7 Å². The number of hydrogen-bond donors (Lipinski definition) is 1. The predicted molar refractivity (Wildman–Crippen MR) is 147 cm³/mol. The number of aryl methyl sites for hydroxylation is 1. The Kier molecular flexibility index (Phi) is 9.04. The van der Waals surface area contributed by atoms with Crippen LogP contribution >= 0.6 is 0 Å². The minimum absolute atomic E-state index is 0.0222. The van der Waals surface area contributed by atoms with Crippen LogP contribution in [0.5, 0.6) is 17.2 Å². The van der Waals surface area contributed by atoms with E-state index in [9.17, 15) is 14.7 Å². The molecule has 1 saturated heterocycles. The molecule has 1 unspecified atom stereocenters. The molecule has 0 radical (unpaired) electrons. The standard InChI is InChI=1S/C30H33N3O6/c1-4-18-39-24-13-10-22(19-25(24)38-6-3)27-26(28(34)21-8-11-23(12-9-21)37-5-2)29(35)30(36)33(27)16-7-15-32-17-14-31-20-32/h4,8-14,17,19-20,27,34H,1,5-7,15-16,18H2,2-3H3. The summed E-state index contributed by atoms with van der Waals surface area (Å²) < 4.78 is 19.0. The molecule has 1 fully saturated rings. The molecule has 9 nitrogen and oxygen atoms in total. The van der Waals surface area contributed by atoms with Crippen LogP contribution in [0.2, 0.25) is 0 Å². The van der Waals surface area contributed by atoms with Gasteiger partial charge in [0, 0.05) is 31.0 Å². The number of aliphatic hydroxyl groups excluding tert-OH is 1. The quantitative estimate of drug-likeness (QED) is 0.147. The Morgan fingerprint density at radius 1 is 1.03 bits per heavy atom. The van der Waals surface area contributed by atoms with E-state index in [1.54, 1.807) is 61.1 Å². The van der Waals surface area contributed by atoms with Crippen LogP contribution in [-0.2, 0) is 16.1 Å². The van der Waals surface area contributed by atoms with E-state index in [1.807, 2.05) is 24.6 Å². The molecule has 39 heavy (non-hydrogen) atoms. The van der Waals surface area contributed by atoms with Crippen LogP contribution in [0.1, 0.15) is 37.4 Å². The highest BCUT2D eigenvalue weighted by molar-refractivity contribution is 6.46. The fourth-order valence-corrected chi connectivity index (χ4v) is 4.56. The molecule has 0 spiro atoms. The van der Waals surface area contributed by atoms with Crippen molar-refractivity contribution in [3.8, 4) is 17.2 Å². The Hall–Kier alpha value is -4.53. The van der Waals surface area contributed by atoms with Gasteiger partial charge in [-0.2, -0.15) is 0 Å². The maximum atomic E-state index is 13.4. The van der Waals surface area contributed by atoms with Gasteiger partial charge in [-0.1, -0.05) is 18.7 Å². The van der Waals surface area contributed by atoms with Crippen LogP contribution in [0.25, 0.3) is 5.76 Å². The number of aliphatic hydroxyl groups is 1. The molecule has 1 amide bonds. The Morgan fingerprint density at radius 3 is 2.46 bits per heavy atom. The lowest BCUT2D eigenvalue weighted by Crippen LogP contribution is -2.31. The van der Waals surface area contributed by atoms with Crippen molar-refractivity contribution in [2.75, 3.05) is 26.4 Å². The first kappa shape index (κ1) is 27.5. The summed E-state index contributed by atoms with van der Waals surface area (Å²) in [5.74, 6) is -0.0153. The lowest BCUT2D eigenvalue weighted by atomic mass is 9.95. The highest BCUT2D eigenvalue weighted by atomic mass is 16.5. The number of likely N-dealkylation sites (tertiary alicyclic amines) is 1. The van der Waals surface area contributed by atoms with E-state index >= 15 is 0 Å². The Labute approximate surface area is 227 Å². The Bertz CT molecular complexity index is 1330. The van der Waals surface area contributed by atoms with Gasteiger partial charge in [0.2, 0.25) is 0 Å². The first-order valence-corrected chi connectivity index (χ1v) is 13.0. The zero-order valence-corrected chi connectivity index (χ0v) is 22.2. The summed E-state index contributed by atoms with van der Waals surface area (Å²) in [6.45, 7) is 9.53. The number of ether oxygens (including phenoxy) is 3. The Balaban J connectivity index is 1.76. The largest absolute Gasteiger partial charge is 0.507 e. The van der Waals surface area contributed by atoms with Crippen molar-refractivity contribution in [1.29, 1.82) is 0 Å². The third-order valence-corrected chi connectivity index (χ3v) is 6.29. The van der Waals surface area contributed by atoms with Gasteiger partial charge in [0.15, 0.2) is 11.5 Å². The van der Waals surface area contributed by atoms with Crippen LogP contribution in [0.15, 0.2) is 79.4 Å². The molecule has 1 aliphatic rings. The van der Waals surface area contributed by atoms with Crippen LogP contribution in [0.4, 0.5) is 0 Å². The van der Waals surface area contributed by atoms with Crippen LogP contribution < -0.4 is 14.2 Å². The number of amides is 1. The van der Waals surface area contributed by atoms with E-state index in [2.05, 4.69) is 11.6 Å². The smallest absolute Gasteiger partial charge is 0.295 e. The number of nitrogens with zero attached hydrogens (tertiary/aromatic N) is 3. The zero-order valence-electron chi connectivity index (χ0n) is 22.2. The summed E-state index contributed by atoms with van der Waals surface area (Å²) >= 11 is 0. The summed E-state index contributed by atoms with van der Waals surface area (Å²) in [7, 11) is 0. The number of rotatable bonds is 13. The van der Waals surface area contributed by atoms with Gasteiger partial charge in [0.05, 0.1) is 31.2 Å². The van der Waals surface area contributed by atoms with Crippen LogP contribution in [-0.4, -0.2) is 57.6 Å². The second-order valence-corrected chi connectivity index (χ2v) is 8.84. The molecule has 1 atom stereocenters. The van der Waals surface area contributed by atoms with E-state index in [4.69, 9.17) is 14.2 Å². The SMILES string of the molecule is C=CCOc1ccc(C2C(=C(O)c3ccc(OCC)cc3)C(=O)C(=O)N2CCCn2ccnc2)cc1OCC. The van der Waals surface area contributed by atoms with Crippen LogP contribution in [0, 0.1) is 0 Å². The number of carbonyl (C=O) groups excluding carboxylic acids is 2. The average Bonchev–Trinajstić information content (AvgIpc) is 3.55. The number of Topliss-reactive ketones (excluding diaryl/α,β-unsaturated/α-hetero) is 1. The topological polar surface area (TPSA) is 103 Å². The fraction of sp³-hybridized carbons (Fsp3) is 0.300. The number of benzene rings is 2. The molecule has 0 bridgehead atoms. The second-order valence-electron chi connectivity index (χ2n) is 8.84. The monoisotopic (exact) mass is 531 g/mol. The molecule has 204 valence electrons. The van der Waals surface area contributed by atoms with Crippen molar-refractivity contribution in [3.05, 3.63) is 90.5 Å². The van der Waals surface area contributed by atoms with Crippen molar-refractivity contribution in [1.82, 2.24) is 14.5 Å². The van der Waals surface area contributed by atoms with Gasteiger partial charge in [-0.25, -0.2) is 4.98 Å². The van der Waals surface area contributed by atoms with E-state index in [-0.39, 0.29) is 11.3 Å². The van der Waals surface area contributed by atoms with Gasteiger partial charge < -0.3 is 28.8 Å². The first-order chi connectivity index (χ1) is 19.0. The molecule has 2 aromatic carbocycles. The second kappa shape index (κ2) is 12.8. The molecule has 0 aliphatic carbocycles. The average molecular weight is 532 g/mol. The number of aromatic nitrogens is 2. The minimum Gasteiger partial charge on any atom is -0.507 e. The number of imidazole rings is 1. The highest BCUT2D eigenvalue weighted by Gasteiger charge is 2.46.